The van der Waals surface area contributed by atoms with Gasteiger partial charge in [-0.25, -0.2) is 14.4 Å². The first kappa shape index (κ1) is 12.8. The number of nitrogens with zero attached hydrogens (tertiary/aromatic N) is 3. The van der Waals surface area contributed by atoms with Crippen molar-refractivity contribution in [1.29, 1.82) is 0 Å². The second-order valence-corrected chi connectivity index (χ2v) is 5.01. The van der Waals surface area contributed by atoms with Crippen LogP contribution >= 0.6 is 0 Å². The summed E-state index contributed by atoms with van der Waals surface area (Å²) in [4.78, 5) is 8.47. The molecule has 0 atom stereocenters. The van der Waals surface area contributed by atoms with Crippen LogP contribution in [-0.2, 0) is 6.67 Å². The van der Waals surface area contributed by atoms with Crippen molar-refractivity contribution in [3.63, 3.8) is 0 Å². The molecule has 1 aromatic carbocycles. The fraction of sp³-hybridized carbons (Fsp3) is 0.0588. The summed E-state index contributed by atoms with van der Waals surface area (Å²) in [6.07, 6.45) is 6.75. The number of hydrogen-bond acceptors (Lipinski definition) is 3. The van der Waals surface area contributed by atoms with Crippen LogP contribution in [0.5, 0.6) is 0 Å². The van der Waals surface area contributed by atoms with Gasteiger partial charge in [-0.2, -0.15) is 0 Å². The Labute approximate surface area is 125 Å². The van der Waals surface area contributed by atoms with Gasteiger partial charge in [0.15, 0.2) is 12.2 Å². The average Bonchev–Trinajstić information content (AvgIpc) is 3.23. The first-order valence-electron chi connectivity index (χ1n) is 6.86. The molecule has 5 heteroatoms. The smallest absolute Gasteiger partial charge is 0.181 e. The van der Waals surface area contributed by atoms with Crippen LogP contribution in [-0.4, -0.2) is 14.4 Å². The predicted molar refractivity (Wildman–Crippen MR) is 80.9 cm³/mol. The summed E-state index contributed by atoms with van der Waals surface area (Å²) in [5.74, 6) is 0.731. The predicted octanol–water partition coefficient (Wildman–Crippen LogP) is 4.13. The van der Waals surface area contributed by atoms with Gasteiger partial charge in [0.1, 0.15) is 12.3 Å². The number of halogens is 1. The van der Waals surface area contributed by atoms with Crippen LogP contribution in [0.15, 0.2) is 65.8 Å². The fourth-order valence-electron chi connectivity index (χ4n) is 2.42. The number of fused-ring (bicyclic) bond motifs is 1. The van der Waals surface area contributed by atoms with E-state index < -0.39 is 6.67 Å². The van der Waals surface area contributed by atoms with Gasteiger partial charge in [-0.3, -0.25) is 0 Å². The highest BCUT2D eigenvalue weighted by Crippen LogP contribution is 2.24. The van der Waals surface area contributed by atoms with Crippen LogP contribution in [0.2, 0.25) is 0 Å². The van der Waals surface area contributed by atoms with Crippen molar-refractivity contribution in [3.05, 3.63) is 66.9 Å². The summed E-state index contributed by atoms with van der Waals surface area (Å²) >= 11 is 0. The van der Waals surface area contributed by atoms with Crippen LogP contribution in [0.4, 0.5) is 4.39 Å². The Morgan fingerprint density at radius 3 is 2.55 bits per heavy atom. The molecule has 0 fully saturated rings. The third-order valence-corrected chi connectivity index (χ3v) is 3.56. The topological polar surface area (TPSA) is 43.3 Å². The Hall–Kier alpha value is -2.95. The Kier molecular flexibility index (Phi) is 2.96. The minimum atomic E-state index is -0.477. The first-order chi connectivity index (χ1) is 10.8. The number of oxazole rings is 1. The molecule has 0 N–H and O–H groups in total. The molecule has 108 valence electrons. The van der Waals surface area contributed by atoms with Crippen molar-refractivity contribution < 1.29 is 8.81 Å². The molecule has 0 aliphatic heterocycles. The lowest BCUT2D eigenvalue weighted by atomic mass is 10.1. The van der Waals surface area contributed by atoms with Crippen LogP contribution in [0.25, 0.3) is 28.2 Å². The van der Waals surface area contributed by atoms with E-state index in [0.717, 1.165) is 28.2 Å². The molecule has 4 nitrogen and oxygen atoms in total. The van der Waals surface area contributed by atoms with Crippen LogP contribution in [0.3, 0.4) is 0 Å². The maximum atomic E-state index is 12.7. The second-order valence-electron chi connectivity index (χ2n) is 5.01. The molecule has 0 bridgehead atoms. The monoisotopic (exact) mass is 293 g/mol. The van der Waals surface area contributed by atoms with E-state index in [4.69, 9.17) is 4.42 Å². The second kappa shape index (κ2) is 5.11. The van der Waals surface area contributed by atoms with E-state index in [1.165, 1.54) is 6.39 Å². The third kappa shape index (κ3) is 2.16. The first-order valence-corrected chi connectivity index (χ1v) is 6.86. The molecule has 0 amide bonds. The van der Waals surface area contributed by atoms with Gasteiger partial charge in [0.2, 0.25) is 0 Å². The molecule has 0 aliphatic carbocycles. The lowest BCUT2D eigenvalue weighted by Gasteiger charge is -1.98. The Morgan fingerprint density at radius 1 is 1.00 bits per heavy atom. The maximum absolute atomic E-state index is 12.7. The molecule has 0 radical (unpaired) electrons. The van der Waals surface area contributed by atoms with E-state index in [0.29, 0.717) is 5.56 Å². The van der Waals surface area contributed by atoms with Crippen molar-refractivity contribution in [2.75, 3.05) is 0 Å². The maximum Gasteiger partial charge on any atom is 0.181 e. The number of aromatic nitrogens is 3. The molecule has 3 aromatic heterocycles. The molecule has 3 heterocycles. The highest BCUT2D eigenvalue weighted by atomic mass is 19.1. The zero-order valence-electron chi connectivity index (χ0n) is 11.6. The van der Waals surface area contributed by atoms with Crippen LogP contribution < -0.4 is 0 Å². The average molecular weight is 293 g/mol. The molecule has 4 rings (SSSR count). The Morgan fingerprint density at radius 2 is 1.82 bits per heavy atom. The lowest BCUT2D eigenvalue weighted by Crippen LogP contribution is -1.85. The van der Waals surface area contributed by atoms with E-state index in [2.05, 4.69) is 9.97 Å². The van der Waals surface area contributed by atoms with Gasteiger partial charge in [-0.15, -0.1) is 0 Å². The van der Waals surface area contributed by atoms with E-state index in [9.17, 15) is 4.39 Å². The van der Waals surface area contributed by atoms with Crippen molar-refractivity contribution in [3.8, 4) is 22.6 Å². The zero-order chi connectivity index (χ0) is 14.9. The van der Waals surface area contributed by atoms with E-state index in [1.54, 1.807) is 18.5 Å². The SMILES string of the molecule is FCc1ccc2nc(-c3ccc(-c4cnco4)cc3)cn2c1. The van der Waals surface area contributed by atoms with Gasteiger partial charge in [0.05, 0.1) is 11.9 Å². The molecule has 22 heavy (non-hydrogen) atoms. The van der Waals surface area contributed by atoms with Crippen molar-refractivity contribution >= 4 is 5.65 Å². The summed E-state index contributed by atoms with van der Waals surface area (Å²) in [5, 5.41) is 0. The molecule has 0 saturated carbocycles. The van der Waals surface area contributed by atoms with Gasteiger partial charge in [0.25, 0.3) is 0 Å². The minimum Gasteiger partial charge on any atom is -0.444 e. The van der Waals surface area contributed by atoms with Gasteiger partial charge >= 0.3 is 0 Å². The minimum absolute atomic E-state index is 0.477. The van der Waals surface area contributed by atoms with Crippen LogP contribution in [0, 0.1) is 0 Å². The number of benzene rings is 1. The molecule has 0 saturated heterocycles. The summed E-state index contributed by atoms with van der Waals surface area (Å²) in [6.45, 7) is -0.477. The molecule has 4 aromatic rings. The molecule has 0 aliphatic rings. The van der Waals surface area contributed by atoms with E-state index >= 15 is 0 Å². The summed E-state index contributed by atoms with van der Waals surface area (Å²) in [7, 11) is 0. The molecular formula is C17H12FN3O. The summed E-state index contributed by atoms with van der Waals surface area (Å²) < 4.78 is 19.8. The van der Waals surface area contributed by atoms with Crippen molar-refractivity contribution in [2.24, 2.45) is 0 Å². The largest absolute Gasteiger partial charge is 0.444 e. The summed E-state index contributed by atoms with van der Waals surface area (Å²) in [6, 6.07) is 11.5. The number of imidazole rings is 1. The number of hydrogen-bond donors (Lipinski definition) is 0. The number of rotatable bonds is 3. The summed E-state index contributed by atoms with van der Waals surface area (Å²) in [5.41, 5.74) is 4.24. The third-order valence-electron chi connectivity index (χ3n) is 3.56. The highest BCUT2D eigenvalue weighted by Gasteiger charge is 2.07. The van der Waals surface area contributed by atoms with Gasteiger partial charge in [-0.05, 0) is 11.6 Å². The zero-order valence-corrected chi connectivity index (χ0v) is 11.6. The van der Waals surface area contributed by atoms with Gasteiger partial charge in [0, 0.05) is 23.5 Å². The Bertz CT molecular complexity index is 911. The molecule has 0 unspecified atom stereocenters. The van der Waals surface area contributed by atoms with Gasteiger partial charge in [-0.1, -0.05) is 30.3 Å². The number of pyridine rings is 1. The van der Waals surface area contributed by atoms with Crippen molar-refractivity contribution in [2.45, 2.75) is 6.67 Å². The van der Waals surface area contributed by atoms with E-state index in [1.807, 2.05) is 40.9 Å². The lowest BCUT2D eigenvalue weighted by molar-refractivity contribution is 0.484. The van der Waals surface area contributed by atoms with E-state index in [-0.39, 0.29) is 0 Å². The molecule has 0 spiro atoms. The van der Waals surface area contributed by atoms with Crippen molar-refractivity contribution in [1.82, 2.24) is 14.4 Å². The van der Waals surface area contributed by atoms with Crippen LogP contribution in [0.1, 0.15) is 5.56 Å². The normalized spacial score (nSPS) is 11.1. The molecular weight excluding hydrogens is 281 g/mol. The quantitative estimate of drug-likeness (QED) is 0.570. The standard InChI is InChI=1S/C17H12FN3O/c18-7-12-1-6-17-20-15(10-21(17)9-12)13-2-4-14(5-3-13)16-8-19-11-22-16/h1-6,8-11H,7H2. The fourth-order valence-corrected chi connectivity index (χ4v) is 2.42. The Balaban J connectivity index is 1.72. The van der Waals surface area contributed by atoms with Gasteiger partial charge < -0.3 is 8.82 Å². The number of alkyl halides is 1. The highest BCUT2D eigenvalue weighted by molar-refractivity contribution is 5.67.